The molecule has 3 heterocycles. The number of benzene rings is 1. The predicted molar refractivity (Wildman–Crippen MR) is 95.5 cm³/mol. The van der Waals surface area contributed by atoms with Crippen LogP contribution in [0, 0.1) is 0 Å². The molecule has 1 aliphatic rings. The Morgan fingerprint density at radius 1 is 1.00 bits per heavy atom. The minimum absolute atomic E-state index is 0.336. The van der Waals surface area contributed by atoms with Crippen molar-refractivity contribution < 1.29 is 4.74 Å². The van der Waals surface area contributed by atoms with Crippen molar-refractivity contribution in [3.05, 3.63) is 48.2 Å². The molecule has 5 nitrogen and oxygen atoms in total. The van der Waals surface area contributed by atoms with Crippen LogP contribution in [0.25, 0.3) is 16.9 Å². The standard InChI is InChI=1S/C19H22N4O/c1-14(2)19-18(15-6-4-3-5-7-15)20-16-8-9-17(21-23(16)19)22-10-12-24-13-11-22/h3-9,14H,10-13H2,1-2H3. The summed E-state index contributed by atoms with van der Waals surface area (Å²) in [5, 5.41) is 4.89. The van der Waals surface area contributed by atoms with Crippen LogP contribution in [0.4, 0.5) is 5.82 Å². The van der Waals surface area contributed by atoms with Crippen molar-refractivity contribution in [3.8, 4) is 11.3 Å². The van der Waals surface area contributed by atoms with Gasteiger partial charge in [-0.1, -0.05) is 44.2 Å². The Bertz CT molecular complexity index is 835. The number of morpholine rings is 1. The van der Waals surface area contributed by atoms with Crippen LogP contribution in [0.3, 0.4) is 0 Å². The number of nitrogens with zero attached hydrogens (tertiary/aromatic N) is 4. The quantitative estimate of drug-likeness (QED) is 0.741. The van der Waals surface area contributed by atoms with E-state index in [4.69, 9.17) is 14.8 Å². The lowest BCUT2D eigenvalue weighted by Crippen LogP contribution is -2.37. The molecular formula is C19H22N4O. The van der Waals surface area contributed by atoms with Gasteiger partial charge in [-0.05, 0) is 18.1 Å². The van der Waals surface area contributed by atoms with Crippen LogP contribution < -0.4 is 4.90 Å². The second kappa shape index (κ2) is 6.24. The largest absolute Gasteiger partial charge is 0.378 e. The highest BCUT2D eigenvalue weighted by atomic mass is 16.5. The van der Waals surface area contributed by atoms with E-state index in [2.05, 4.69) is 55.1 Å². The molecule has 24 heavy (non-hydrogen) atoms. The number of aromatic nitrogens is 3. The molecule has 0 radical (unpaired) electrons. The van der Waals surface area contributed by atoms with Gasteiger partial charge in [-0.25, -0.2) is 9.50 Å². The van der Waals surface area contributed by atoms with Gasteiger partial charge in [0.15, 0.2) is 5.65 Å². The summed E-state index contributed by atoms with van der Waals surface area (Å²) in [7, 11) is 0. The van der Waals surface area contributed by atoms with Crippen molar-refractivity contribution in [2.75, 3.05) is 31.2 Å². The molecule has 0 saturated carbocycles. The van der Waals surface area contributed by atoms with E-state index >= 15 is 0 Å². The second-order valence-corrected chi connectivity index (χ2v) is 6.43. The molecule has 0 aliphatic carbocycles. The van der Waals surface area contributed by atoms with E-state index < -0.39 is 0 Å². The number of ether oxygens (including phenoxy) is 1. The average molecular weight is 322 g/mol. The van der Waals surface area contributed by atoms with Gasteiger partial charge in [-0.15, -0.1) is 5.10 Å². The van der Waals surface area contributed by atoms with E-state index in [9.17, 15) is 0 Å². The van der Waals surface area contributed by atoms with Gasteiger partial charge >= 0.3 is 0 Å². The summed E-state index contributed by atoms with van der Waals surface area (Å²) in [6.07, 6.45) is 0. The van der Waals surface area contributed by atoms with Gasteiger partial charge in [-0.3, -0.25) is 0 Å². The summed E-state index contributed by atoms with van der Waals surface area (Å²) < 4.78 is 7.46. The predicted octanol–water partition coefficient (Wildman–Crippen LogP) is 3.36. The van der Waals surface area contributed by atoms with Crippen LogP contribution in [0.2, 0.25) is 0 Å². The van der Waals surface area contributed by atoms with Crippen molar-refractivity contribution in [2.24, 2.45) is 0 Å². The number of rotatable bonds is 3. The van der Waals surface area contributed by atoms with Gasteiger partial charge < -0.3 is 9.64 Å². The maximum absolute atomic E-state index is 5.44. The summed E-state index contributed by atoms with van der Waals surface area (Å²) in [6, 6.07) is 14.5. The topological polar surface area (TPSA) is 42.7 Å². The van der Waals surface area contributed by atoms with E-state index in [0.29, 0.717) is 5.92 Å². The minimum atomic E-state index is 0.336. The molecule has 0 unspecified atom stereocenters. The highest BCUT2D eigenvalue weighted by Crippen LogP contribution is 2.30. The number of hydrogen-bond acceptors (Lipinski definition) is 4. The van der Waals surface area contributed by atoms with Gasteiger partial charge in [0.05, 0.1) is 24.6 Å². The molecule has 5 heteroatoms. The van der Waals surface area contributed by atoms with Gasteiger partial charge in [-0.2, -0.15) is 0 Å². The molecule has 0 spiro atoms. The van der Waals surface area contributed by atoms with Crippen LogP contribution in [0.5, 0.6) is 0 Å². The highest BCUT2D eigenvalue weighted by Gasteiger charge is 2.19. The zero-order valence-corrected chi connectivity index (χ0v) is 14.1. The zero-order chi connectivity index (χ0) is 16.5. The molecule has 1 fully saturated rings. The third kappa shape index (κ3) is 2.65. The lowest BCUT2D eigenvalue weighted by molar-refractivity contribution is 0.122. The van der Waals surface area contributed by atoms with Crippen molar-refractivity contribution in [2.45, 2.75) is 19.8 Å². The third-order valence-corrected chi connectivity index (χ3v) is 4.43. The summed E-state index contributed by atoms with van der Waals surface area (Å²) in [5.74, 6) is 1.33. The molecule has 1 aliphatic heterocycles. The van der Waals surface area contributed by atoms with E-state index in [1.54, 1.807) is 0 Å². The lowest BCUT2D eigenvalue weighted by atomic mass is 10.0. The Morgan fingerprint density at radius 3 is 2.46 bits per heavy atom. The fourth-order valence-electron chi connectivity index (χ4n) is 3.23. The first kappa shape index (κ1) is 15.1. The Kier molecular flexibility index (Phi) is 3.94. The Balaban J connectivity index is 1.85. The van der Waals surface area contributed by atoms with E-state index in [1.165, 1.54) is 0 Å². The SMILES string of the molecule is CC(C)c1c(-c2ccccc2)nc2ccc(N3CCOCC3)nn12. The normalized spacial score (nSPS) is 15.4. The number of fused-ring (bicyclic) bond motifs is 1. The van der Waals surface area contributed by atoms with Crippen molar-refractivity contribution in [3.63, 3.8) is 0 Å². The molecule has 4 rings (SSSR count). The van der Waals surface area contributed by atoms with Crippen LogP contribution in [-0.2, 0) is 4.74 Å². The zero-order valence-electron chi connectivity index (χ0n) is 14.1. The number of imidazole rings is 1. The Labute approximate surface area is 141 Å². The van der Waals surface area contributed by atoms with Gasteiger partial charge in [0.2, 0.25) is 0 Å². The Hall–Kier alpha value is -2.40. The van der Waals surface area contributed by atoms with Crippen LogP contribution in [0.1, 0.15) is 25.5 Å². The number of anilines is 1. The number of hydrogen-bond donors (Lipinski definition) is 0. The van der Waals surface area contributed by atoms with Gasteiger partial charge in [0.25, 0.3) is 0 Å². The average Bonchev–Trinajstić information content (AvgIpc) is 3.02. The fourth-order valence-corrected chi connectivity index (χ4v) is 3.23. The first-order valence-electron chi connectivity index (χ1n) is 8.52. The first-order chi connectivity index (χ1) is 11.7. The molecule has 3 aromatic rings. The fraction of sp³-hybridized carbons (Fsp3) is 0.368. The van der Waals surface area contributed by atoms with E-state index in [1.807, 2.05) is 10.6 Å². The molecule has 0 bridgehead atoms. The lowest BCUT2D eigenvalue weighted by Gasteiger charge is -2.27. The summed E-state index contributed by atoms with van der Waals surface area (Å²) in [6.45, 7) is 7.68. The second-order valence-electron chi connectivity index (χ2n) is 6.43. The summed E-state index contributed by atoms with van der Waals surface area (Å²) in [5.41, 5.74) is 4.22. The summed E-state index contributed by atoms with van der Waals surface area (Å²) >= 11 is 0. The van der Waals surface area contributed by atoms with Crippen molar-refractivity contribution in [1.82, 2.24) is 14.6 Å². The van der Waals surface area contributed by atoms with Crippen LogP contribution in [0.15, 0.2) is 42.5 Å². The monoisotopic (exact) mass is 322 g/mol. The van der Waals surface area contributed by atoms with Crippen LogP contribution >= 0.6 is 0 Å². The molecular weight excluding hydrogens is 300 g/mol. The maximum Gasteiger partial charge on any atom is 0.154 e. The van der Waals surface area contributed by atoms with Gasteiger partial charge in [0, 0.05) is 18.7 Å². The Morgan fingerprint density at radius 2 is 1.75 bits per heavy atom. The minimum Gasteiger partial charge on any atom is -0.378 e. The van der Waals surface area contributed by atoms with Gasteiger partial charge in [0.1, 0.15) is 5.82 Å². The molecule has 0 N–H and O–H groups in total. The van der Waals surface area contributed by atoms with E-state index in [-0.39, 0.29) is 0 Å². The molecule has 1 saturated heterocycles. The first-order valence-corrected chi connectivity index (χ1v) is 8.52. The van der Waals surface area contributed by atoms with Crippen molar-refractivity contribution >= 4 is 11.5 Å². The van der Waals surface area contributed by atoms with E-state index in [0.717, 1.165) is 54.7 Å². The van der Waals surface area contributed by atoms with Crippen LogP contribution in [-0.4, -0.2) is 40.9 Å². The molecule has 0 atom stereocenters. The third-order valence-electron chi connectivity index (χ3n) is 4.43. The smallest absolute Gasteiger partial charge is 0.154 e. The van der Waals surface area contributed by atoms with Crippen molar-refractivity contribution in [1.29, 1.82) is 0 Å². The molecule has 2 aromatic heterocycles. The maximum atomic E-state index is 5.44. The molecule has 1 aromatic carbocycles. The molecule has 0 amide bonds. The highest BCUT2D eigenvalue weighted by molar-refractivity contribution is 5.67. The summed E-state index contributed by atoms with van der Waals surface area (Å²) in [4.78, 5) is 7.12. The molecule has 124 valence electrons.